The Labute approximate surface area is 136 Å². The van der Waals surface area contributed by atoms with Crippen molar-refractivity contribution in [3.63, 3.8) is 0 Å². The molecule has 130 valence electrons. The van der Waals surface area contributed by atoms with E-state index >= 15 is 0 Å². The van der Waals surface area contributed by atoms with Crippen molar-refractivity contribution in [3.05, 3.63) is 29.5 Å². The first kappa shape index (κ1) is 16.6. The molecule has 10 heteroatoms. The van der Waals surface area contributed by atoms with Crippen molar-refractivity contribution in [2.24, 2.45) is 0 Å². The number of aromatic nitrogens is 5. The largest absolute Gasteiger partial charge is 0.435 e. The standard InChI is InChI=1S/C14H17F3N6O/c1-8-18-13(22-19-8)9-5-6-24-10(9)7-23(2)12-4-3-11(20-21-12)14(15,16)17/h3-4,9-10H,5-7H2,1-2H3,(H,18,19,22)/t9-,10-/m1/s1. The molecule has 1 saturated heterocycles. The molecule has 1 fully saturated rings. The molecule has 1 N–H and O–H groups in total. The summed E-state index contributed by atoms with van der Waals surface area (Å²) in [7, 11) is 1.74. The minimum Gasteiger partial charge on any atom is -0.376 e. The molecule has 0 saturated carbocycles. The number of hydrogen-bond acceptors (Lipinski definition) is 6. The number of hydrogen-bond donors (Lipinski definition) is 1. The molecular formula is C14H17F3N6O. The zero-order chi connectivity index (χ0) is 17.3. The molecule has 1 aliphatic rings. The summed E-state index contributed by atoms with van der Waals surface area (Å²) in [6, 6.07) is 2.22. The number of alkyl halides is 3. The average Bonchev–Trinajstić information content (AvgIpc) is 3.15. The number of rotatable bonds is 4. The fraction of sp³-hybridized carbons (Fsp3) is 0.571. The number of likely N-dealkylation sites (N-methyl/N-ethyl adjacent to an activating group) is 1. The lowest BCUT2D eigenvalue weighted by Crippen LogP contribution is -2.33. The number of nitrogens with zero attached hydrogens (tertiary/aromatic N) is 5. The number of ether oxygens (including phenoxy) is 1. The van der Waals surface area contributed by atoms with Crippen LogP contribution in [0.4, 0.5) is 19.0 Å². The minimum absolute atomic E-state index is 0.0415. The lowest BCUT2D eigenvalue weighted by Gasteiger charge is -2.24. The third kappa shape index (κ3) is 3.48. The van der Waals surface area contributed by atoms with E-state index in [9.17, 15) is 13.2 Å². The van der Waals surface area contributed by atoms with Gasteiger partial charge in [-0.1, -0.05) is 0 Å². The summed E-state index contributed by atoms with van der Waals surface area (Å²) in [6.07, 6.45) is -3.85. The maximum Gasteiger partial charge on any atom is 0.435 e. The maximum atomic E-state index is 12.5. The second-order valence-corrected chi connectivity index (χ2v) is 5.74. The summed E-state index contributed by atoms with van der Waals surface area (Å²) >= 11 is 0. The topological polar surface area (TPSA) is 79.8 Å². The van der Waals surface area contributed by atoms with Crippen LogP contribution in [0.15, 0.2) is 12.1 Å². The van der Waals surface area contributed by atoms with E-state index in [-0.39, 0.29) is 12.0 Å². The van der Waals surface area contributed by atoms with E-state index < -0.39 is 11.9 Å². The number of H-pyrrole nitrogens is 1. The Hall–Kier alpha value is -2.23. The van der Waals surface area contributed by atoms with Crippen molar-refractivity contribution in [1.82, 2.24) is 25.4 Å². The highest BCUT2D eigenvalue weighted by Gasteiger charge is 2.35. The van der Waals surface area contributed by atoms with Gasteiger partial charge >= 0.3 is 6.18 Å². The van der Waals surface area contributed by atoms with Gasteiger partial charge in [-0.25, -0.2) is 4.98 Å². The summed E-state index contributed by atoms with van der Waals surface area (Å²) in [4.78, 5) is 6.06. The summed E-state index contributed by atoms with van der Waals surface area (Å²) < 4.78 is 43.3. The highest BCUT2D eigenvalue weighted by molar-refractivity contribution is 5.37. The van der Waals surface area contributed by atoms with Crippen LogP contribution in [0.2, 0.25) is 0 Å². The van der Waals surface area contributed by atoms with Crippen molar-refractivity contribution < 1.29 is 17.9 Å². The minimum atomic E-state index is -4.49. The summed E-state index contributed by atoms with van der Waals surface area (Å²) in [6.45, 7) is 2.87. The van der Waals surface area contributed by atoms with Crippen LogP contribution in [0.25, 0.3) is 0 Å². The molecule has 0 bridgehead atoms. The quantitative estimate of drug-likeness (QED) is 0.915. The number of halogens is 3. The van der Waals surface area contributed by atoms with Gasteiger partial charge in [0, 0.05) is 20.2 Å². The Kier molecular flexibility index (Phi) is 4.39. The molecule has 2 aromatic rings. The van der Waals surface area contributed by atoms with E-state index in [4.69, 9.17) is 4.74 Å². The highest BCUT2D eigenvalue weighted by atomic mass is 19.4. The Balaban J connectivity index is 1.68. The van der Waals surface area contributed by atoms with Gasteiger partial charge in [0.15, 0.2) is 17.3 Å². The van der Waals surface area contributed by atoms with Crippen molar-refractivity contribution in [1.29, 1.82) is 0 Å². The molecular weight excluding hydrogens is 325 g/mol. The van der Waals surface area contributed by atoms with Gasteiger partial charge < -0.3 is 9.64 Å². The van der Waals surface area contributed by atoms with Crippen molar-refractivity contribution in [3.8, 4) is 0 Å². The van der Waals surface area contributed by atoms with Gasteiger partial charge in [0.1, 0.15) is 5.82 Å². The van der Waals surface area contributed by atoms with Crippen molar-refractivity contribution >= 4 is 5.82 Å². The predicted octanol–water partition coefficient (Wildman–Crippen LogP) is 1.93. The van der Waals surface area contributed by atoms with Crippen LogP contribution in [0.3, 0.4) is 0 Å². The normalized spacial score (nSPS) is 21.2. The summed E-state index contributed by atoms with van der Waals surface area (Å²) in [5.41, 5.74) is -1.01. The van der Waals surface area contributed by atoms with E-state index in [0.717, 1.165) is 18.3 Å². The zero-order valence-corrected chi connectivity index (χ0v) is 13.2. The Morgan fingerprint density at radius 2 is 2.12 bits per heavy atom. The van der Waals surface area contributed by atoms with Crippen LogP contribution in [0.1, 0.15) is 29.7 Å². The first-order valence-corrected chi connectivity index (χ1v) is 7.47. The fourth-order valence-electron chi connectivity index (χ4n) is 2.69. The predicted molar refractivity (Wildman–Crippen MR) is 78.5 cm³/mol. The third-order valence-corrected chi connectivity index (χ3v) is 3.94. The Bertz CT molecular complexity index is 687. The van der Waals surface area contributed by atoms with Gasteiger partial charge in [0.05, 0.1) is 12.0 Å². The van der Waals surface area contributed by atoms with Crippen LogP contribution >= 0.6 is 0 Å². The van der Waals surface area contributed by atoms with Gasteiger partial charge in [0.2, 0.25) is 0 Å². The van der Waals surface area contributed by atoms with E-state index in [1.165, 1.54) is 6.07 Å². The summed E-state index contributed by atoms with van der Waals surface area (Å²) in [5, 5.41) is 13.9. The fourth-order valence-corrected chi connectivity index (χ4v) is 2.69. The van der Waals surface area contributed by atoms with Gasteiger partial charge in [0.25, 0.3) is 0 Å². The van der Waals surface area contributed by atoms with Gasteiger partial charge in [-0.2, -0.15) is 18.3 Å². The number of aromatic amines is 1. The highest BCUT2D eigenvalue weighted by Crippen LogP contribution is 2.31. The van der Waals surface area contributed by atoms with E-state index in [1.807, 2.05) is 6.92 Å². The van der Waals surface area contributed by atoms with E-state index in [0.29, 0.717) is 24.8 Å². The van der Waals surface area contributed by atoms with Crippen LogP contribution in [-0.4, -0.2) is 51.7 Å². The molecule has 0 spiro atoms. The molecule has 7 nitrogen and oxygen atoms in total. The first-order chi connectivity index (χ1) is 11.3. The molecule has 2 aromatic heterocycles. The molecule has 3 heterocycles. The lowest BCUT2D eigenvalue weighted by atomic mass is 10.0. The Morgan fingerprint density at radius 1 is 1.33 bits per heavy atom. The molecule has 0 unspecified atom stereocenters. The molecule has 0 aromatic carbocycles. The first-order valence-electron chi connectivity index (χ1n) is 7.47. The van der Waals surface area contributed by atoms with Crippen molar-refractivity contribution in [2.45, 2.75) is 31.5 Å². The number of nitrogens with one attached hydrogen (secondary N) is 1. The number of aryl methyl sites for hydroxylation is 1. The molecule has 0 amide bonds. The van der Waals surface area contributed by atoms with E-state index in [1.54, 1.807) is 11.9 Å². The monoisotopic (exact) mass is 342 g/mol. The maximum absolute atomic E-state index is 12.5. The van der Waals surface area contributed by atoms with Crippen LogP contribution in [0, 0.1) is 6.92 Å². The molecule has 3 rings (SSSR count). The number of anilines is 1. The second-order valence-electron chi connectivity index (χ2n) is 5.74. The van der Waals surface area contributed by atoms with E-state index in [2.05, 4.69) is 25.4 Å². The van der Waals surface area contributed by atoms with Gasteiger partial charge in [-0.3, -0.25) is 5.10 Å². The second kappa shape index (κ2) is 6.34. The lowest BCUT2D eigenvalue weighted by molar-refractivity contribution is -0.141. The molecule has 0 aliphatic carbocycles. The van der Waals surface area contributed by atoms with Gasteiger partial charge in [-0.15, -0.1) is 10.2 Å². The van der Waals surface area contributed by atoms with Crippen LogP contribution in [-0.2, 0) is 10.9 Å². The van der Waals surface area contributed by atoms with Crippen molar-refractivity contribution in [2.75, 3.05) is 25.1 Å². The zero-order valence-electron chi connectivity index (χ0n) is 13.2. The molecule has 2 atom stereocenters. The van der Waals surface area contributed by atoms with Crippen LogP contribution < -0.4 is 4.90 Å². The summed E-state index contributed by atoms with van der Waals surface area (Å²) in [5.74, 6) is 1.82. The SMILES string of the molecule is Cc1nc([C@@H]2CCO[C@@H]2CN(C)c2ccc(C(F)(F)F)nn2)n[nH]1. The Morgan fingerprint density at radius 3 is 2.71 bits per heavy atom. The third-order valence-electron chi connectivity index (χ3n) is 3.94. The van der Waals surface area contributed by atoms with Crippen LogP contribution in [0.5, 0.6) is 0 Å². The van der Waals surface area contributed by atoms with Gasteiger partial charge in [-0.05, 0) is 25.5 Å². The molecule has 1 aliphatic heterocycles. The molecule has 24 heavy (non-hydrogen) atoms. The molecule has 0 radical (unpaired) electrons. The smallest absolute Gasteiger partial charge is 0.376 e. The average molecular weight is 342 g/mol.